The van der Waals surface area contributed by atoms with Crippen LogP contribution in [0.2, 0.25) is 0 Å². The Morgan fingerprint density at radius 1 is 1.15 bits per heavy atom. The standard InChI is InChI=1S/C7H5I2NO3.C4H11NO2/c8-4-1-10(3-6(11)12)2-5(9)7(4)13;6-3-1-5-2-4-7/h1-2H,3H2,(H,11,12);5-7H,1-4H2. The first-order valence-corrected chi connectivity index (χ1v) is 7.77. The van der Waals surface area contributed by atoms with Crippen LogP contribution in [0.25, 0.3) is 0 Å². The van der Waals surface area contributed by atoms with Gasteiger partial charge in [0.25, 0.3) is 0 Å². The Kier molecular flexibility index (Phi) is 11.3. The van der Waals surface area contributed by atoms with Crippen LogP contribution in [0.1, 0.15) is 0 Å². The Morgan fingerprint density at radius 3 is 1.95 bits per heavy atom. The van der Waals surface area contributed by atoms with Crippen molar-refractivity contribution in [1.29, 1.82) is 0 Å². The summed E-state index contributed by atoms with van der Waals surface area (Å²) in [6.45, 7) is 1.30. The number of hydrogen-bond acceptors (Lipinski definition) is 5. The van der Waals surface area contributed by atoms with Crippen molar-refractivity contribution in [3.8, 4) is 0 Å². The summed E-state index contributed by atoms with van der Waals surface area (Å²) in [4.78, 5) is 21.6. The molecule has 4 N–H and O–H groups in total. The number of pyridine rings is 1. The van der Waals surface area contributed by atoms with Crippen LogP contribution >= 0.6 is 45.2 Å². The number of carboxylic acid groups (broad SMARTS) is 1. The number of rotatable bonds is 6. The van der Waals surface area contributed by atoms with Gasteiger partial charge in [-0.2, -0.15) is 0 Å². The predicted octanol–water partition coefficient (Wildman–Crippen LogP) is -0.297. The number of carboxylic acids is 1. The maximum absolute atomic E-state index is 11.2. The molecule has 0 fully saturated rings. The van der Waals surface area contributed by atoms with E-state index < -0.39 is 5.97 Å². The zero-order valence-corrected chi connectivity index (χ0v) is 14.9. The van der Waals surface area contributed by atoms with Crippen LogP contribution < -0.4 is 10.7 Å². The van der Waals surface area contributed by atoms with E-state index in [9.17, 15) is 9.59 Å². The van der Waals surface area contributed by atoms with Gasteiger partial charge in [-0.3, -0.25) is 9.59 Å². The van der Waals surface area contributed by atoms with Gasteiger partial charge < -0.3 is 25.2 Å². The molecular weight excluding hydrogens is 494 g/mol. The summed E-state index contributed by atoms with van der Waals surface area (Å²) in [5, 5.41) is 27.6. The molecule has 0 spiro atoms. The van der Waals surface area contributed by atoms with Crippen molar-refractivity contribution in [3.05, 3.63) is 29.8 Å². The van der Waals surface area contributed by atoms with E-state index in [4.69, 9.17) is 15.3 Å². The minimum atomic E-state index is -0.921. The monoisotopic (exact) mass is 510 g/mol. The lowest BCUT2D eigenvalue weighted by Gasteiger charge is -2.03. The van der Waals surface area contributed by atoms with Gasteiger partial charge in [0.1, 0.15) is 6.54 Å². The van der Waals surface area contributed by atoms with Crippen molar-refractivity contribution in [2.75, 3.05) is 26.3 Å². The summed E-state index contributed by atoms with van der Waals surface area (Å²) >= 11 is 3.78. The van der Waals surface area contributed by atoms with Crippen molar-refractivity contribution in [3.63, 3.8) is 0 Å². The van der Waals surface area contributed by atoms with Gasteiger partial charge in [0.05, 0.1) is 20.4 Å². The van der Waals surface area contributed by atoms with E-state index >= 15 is 0 Å². The summed E-state index contributed by atoms with van der Waals surface area (Å²) in [6, 6.07) is 0. The topological polar surface area (TPSA) is 112 Å². The van der Waals surface area contributed by atoms with Crippen LogP contribution in [-0.2, 0) is 11.3 Å². The Bertz CT molecular complexity index is 448. The van der Waals surface area contributed by atoms with Gasteiger partial charge in [0.2, 0.25) is 5.43 Å². The number of hydrogen-bond donors (Lipinski definition) is 4. The lowest BCUT2D eigenvalue weighted by atomic mass is 10.4. The van der Waals surface area contributed by atoms with E-state index in [0.29, 0.717) is 20.2 Å². The highest BCUT2D eigenvalue weighted by atomic mass is 127. The van der Waals surface area contributed by atoms with Crippen LogP contribution in [0.5, 0.6) is 0 Å². The fourth-order valence-corrected chi connectivity index (χ4v) is 2.90. The maximum Gasteiger partial charge on any atom is 0.323 e. The van der Waals surface area contributed by atoms with Crippen molar-refractivity contribution in [1.82, 2.24) is 9.88 Å². The van der Waals surface area contributed by atoms with Crippen LogP contribution in [0.4, 0.5) is 0 Å². The van der Waals surface area contributed by atoms with Gasteiger partial charge in [-0.15, -0.1) is 0 Å². The minimum absolute atomic E-state index is 0.0529. The molecule has 0 bridgehead atoms. The Labute approximate surface area is 143 Å². The zero-order valence-electron chi connectivity index (χ0n) is 10.6. The second-order valence-electron chi connectivity index (χ2n) is 3.55. The number of aliphatic hydroxyl groups is 2. The molecule has 0 saturated carbocycles. The first kappa shape index (κ1) is 19.8. The molecule has 20 heavy (non-hydrogen) atoms. The number of nitrogens with one attached hydrogen (secondary N) is 1. The minimum Gasteiger partial charge on any atom is -0.480 e. The first-order valence-electron chi connectivity index (χ1n) is 5.61. The van der Waals surface area contributed by atoms with Gasteiger partial charge in [-0.1, -0.05) is 0 Å². The van der Waals surface area contributed by atoms with Crippen molar-refractivity contribution in [2.24, 2.45) is 0 Å². The molecule has 1 rings (SSSR count). The Morgan fingerprint density at radius 2 is 1.60 bits per heavy atom. The highest BCUT2D eigenvalue weighted by Gasteiger charge is 2.04. The van der Waals surface area contributed by atoms with Crippen LogP contribution in [-0.4, -0.2) is 52.2 Å². The van der Waals surface area contributed by atoms with E-state index in [2.05, 4.69) is 5.32 Å². The lowest BCUT2D eigenvalue weighted by molar-refractivity contribution is -0.137. The molecule has 1 aromatic rings. The molecule has 1 aromatic heterocycles. The summed E-state index contributed by atoms with van der Waals surface area (Å²) < 4.78 is 2.55. The molecule has 7 nitrogen and oxygen atoms in total. The van der Waals surface area contributed by atoms with E-state index in [1.165, 1.54) is 17.0 Å². The molecule has 1 heterocycles. The van der Waals surface area contributed by atoms with Crippen LogP contribution in [0, 0.1) is 7.14 Å². The largest absolute Gasteiger partial charge is 0.480 e. The van der Waals surface area contributed by atoms with E-state index in [-0.39, 0.29) is 25.2 Å². The van der Waals surface area contributed by atoms with E-state index in [1.54, 1.807) is 0 Å². The lowest BCUT2D eigenvalue weighted by Crippen LogP contribution is -2.21. The summed E-state index contributed by atoms with van der Waals surface area (Å²) in [7, 11) is 0. The average molecular weight is 510 g/mol. The highest BCUT2D eigenvalue weighted by Crippen LogP contribution is 2.03. The number of aliphatic carboxylic acids is 1. The van der Waals surface area contributed by atoms with Crippen molar-refractivity contribution < 1.29 is 20.1 Å². The molecule has 9 heteroatoms. The number of halogens is 2. The zero-order chi connectivity index (χ0) is 15.5. The summed E-state index contributed by atoms with van der Waals surface area (Å²) in [5.74, 6) is -0.921. The number of aromatic nitrogens is 1. The molecular formula is C11H16I2N2O5. The second-order valence-corrected chi connectivity index (χ2v) is 5.87. The molecule has 0 atom stereocenters. The van der Waals surface area contributed by atoms with Crippen molar-refractivity contribution >= 4 is 51.2 Å². The molecule has 0 aliphatic rings. The number of nitrogens with zero attached hydrogens (tertiary/aromatic N) is 1. The molecule has 0 unspecified atom stereocenters. The Balaban J connectivity index is 0.000000441. The second kappa shape index (κ2) is 11.4. The van der Waals surface area contributed by atoms with Crippen LogP contribution in [0.3, 0.4) is 0 Å². The van der Waals surface area contributed by atoms with Crippen LogP contribution in [0.15, 0.2) is 17.2 Å². The van der Waals surface area contributed by atoms with E-state index in [1.807, 2.05) is 45.2 Å². The van der Waals surface area contributed by atoms with Gasteiger partial charge in [0, 0.05) is 25.5 Å². The molecule has 0 aromatic carbocycles. The number of aliphatic hydroxyl groups excluding tert-OH is 2. The van der Waals surface area contributed by atoms with Gasteiger partial charge >= 0.3 is 5.97 Å². The van der Waals surface area contributed by atoms with Crippen molar-refractivity contribution in [2.45, 2.75) is 6.54 Å². The quantitative estimate of drug-likeness (QED) is 0.309. The molecule has 0 radical (unpaired) electrons. The molecule has 114 valence electrons. The summed E-state index contributed by atoms with van der Waals surface area (Å²) in [6.07, 6.45) is 3.05. The smallest absolute Gasteiger partial charge is 0.323 e. The van der Waals surface area contributed by atoms with Gasteiger partial charge in [0.15, 0.2) is 0 Å². The molecule has 0 aliphatic carbocycles. The third-order valence-corrected chi connectivity index (χ3v) is 3.42. The molecule has 0 aliphatic heterocycles. The third kappa shape index (κ3) is 8.84. The molecule has 0 saturated heterocycles. The van der Waals surface area contributed by atoms with E-state index in [0.717, 1.165) is 0 Å². The fourth-order valence-electron chi connectivity index (χ4n) is 1.09. The predicted molar refractivity (Wildman–Crippen MR) is 90.8 cm³/mol. The highest BCUT2D eigenvalue weighted by molar-refractivity contribution is 14.1. The summed E-state index contributed by atoms with van der Waals surface area (Å²) in [5.41, 5.74) is -0.0529. The van der Waals surface area contributed by atoms with Gasteiger partial charge in [-0.05, 0) is 45.2 Å². The SMILES string of the molecule is O=C(O)Cn1cc(I)c(=O)c(I)c1.OCCNCCO. The first-order chi connectivity index (χ1) is 9.42. The number of carbonyl (C=O) groups is 1. The average Bonchev–Trinajstić information content (AvgIpc) is 2.36. The normalized spacial score (nSPS) is 9.80. The maximum atomic E-state index is 11.2. The fraction of sp³-hybridized carbons (Fsp3) is 0.455. The molecule has 0 amide bonds. The van der Waals surface area contributed by atoms with Gasteiger partial charge in [-0.25, -0.2) is 0 Å². The Hall–Kier alpha value is -0.240. The third-order valence-electron chi connectivity index (χ3n) is 1.89.